The molecule has 3 aromatic rings. The third kappa shape index (κ3) is 5.79. The second-order valence-corrected chi connectivity index (χ2v) is 6.88. The van der Waals surface area contributed by atoms with Crippen molar-refractivity contribution in [3.8, 4) is 0 Å². The van der Waals surface area contributed by atoms with Crippen LogP contribution in [0.2, 0.25) is 5.02 Å². The number of hydrogen-bond acceptors (Lipinski definition) is 4. The summed E-state index contributed by atoms with van der Waals surface area (Å²) in [6, 6.07) is 19.5. The number of nitrogens with one attached hydrogen (secondary N) is 2. The summed E-state index contributed by atoms with van der Waals surface area (Å²) in [5.74, 6) is 0.956. The quantitative estimate of drug-likeness (QED) is 0.555. The molecule has 1 heterocycles. The molecule has 144 valence electrons. The van der Waals surface area contributed by atoms with Crippen LogP contribution >= 0.6 is 11.6 Å². The minimum atomic E-state index is -0.252. The minimum Gasteiger partial charge on any atom is -0.370 e. The van der Waals surface area contributed by atoms with E-state index in [1.165, 1.54) is 5.56 Å². The average molecular weight is 395 g/mol. The number of rotatable bonds is 8. The van der Waals surface area contributed by atoms with E-state index < -0.39 is 0 Å². The second-order valence-electron chi connectivity index (χ2n) is 6.48. The third-order valence-electron chi connectivity index (χ3n) is 4.26. The van der Waals surface area contributed by atoms with Crippen molar-refractivity contribution in [3.05, 3.63) is 88.3 Å². The first-order chi connectivity index (χ1) is 13.6. The Labute approximate surface area is 170 Å². The van der Waals surface area contributed by atoms with Crippen LogP contribution in [0.3, 0.4) is 0 Å². The van der Waals surface area contributed by atoms with Crippen LogP contribution in [0.4, 0.5) is 5.82 Å². The summed E-state index contributed by atoms with van der Waals surface area (Å²) >= 11 is 6.13. The lowest BCUT2D eigenvalue weighted by atomic mass is 10.1. The molecule has 0 bridgehead atoms. The molecule has 0 spiro atoms. The number of halogens is 1. The van der Waals surface area contributed by atoms with E-state index in [9.17, 15) is 4.79 Å². The second kappa shape index (κ2) is 9.85. The van der Waals surface area contributed by atoms with E-state index in [0.29, 0.717) is 28.9 Å². The van der Waals surface area contributed by atoms with E-state index in [2.05, 4.69) is 32.7 Å². The van der Waals surface area contributed by atoms with Gasteiger partial charge in [-0.25, -0.2) is 9.97 Å². The van der Waals surface area contributed by atoms with Gasteiger partial charge >= 0.3 is 0 Å². The molecular weight excluding hydrogens is 372 g/mol. The number of anilines is 1. The first kappa shape index (κ1) is 19.8. The van der Waals surface area contributed by atoms with Crippen molar-refractivity contribution in [2.45, 2.75) is 26.3 Å². The lowest BCUT2D eigenvalue weighted by molar-refractivity contribution is 0.0945. The van der Waals surface area contributed by atoms with Crippen LogP contribution in [0.1, 0.15) is 33.9 Å². The Hall–Kier alpha value is -2.92. The molecule has 2 aromatic carbocycles. The molecule has 0 aliphatic rings. The molecule has 0 saturated carbocycles. The summed E-state index contributed by atoms with van der Waals surface area (Å²) in [4.78, 5) is 21.1. The fourth-order valence-electron chi connectivity index (χ4n) is 2.84. The molecule has 5 nitrogen and oxygen atoms in total. The highest BCUT2D eigenvalue weighted by molar-refractivity contribution is 6.31. The van der Waals surface area contributed by atoms with Crippen LogP contribution in [0, 0.1) is 6.92 Å². The highest BCUT2D eigenvalue weighted by atomic mass is 35.5. The molecule has 0 saturated heterocycles. The number of carbonyl (C=O) groups excluding carboxylic acids is 1. The zero-order chi connectivity index (χ0) is 19.8. The first-order valence-electron chi connectivity index (χ1n) is 9.27. The molecule has 0 radical (unpaired) electrons. The Morgan fingerprint density at radius 1 is 1.04 bits per heavy atom. The van der Waals surface area contributed by atoms with Gasteiger partial charge in [0.15, 0.2) is 0 Å². The van der Waals surface area contributed by atoms with Gasteiger partial charge in [0.05, 0.1) is 0 Å². The van der Waals surface area contributed by atoms with Gasteiger partial charge in [0.2, 0.25) is 0 Å². The van der Waals surface area contributed by atoms with Crippen LogP contribution in [0.25, 0.3) is 0 Å². The molecule has 0 fully saturated rings. The number of aromatic nitrogens is 2. The van der Waals surface area contributed by atoms with E-state index in [0.717, 1.165) is 24.9 Å². The third-order valence-corrected chi connectivity index (χ3v) is 4.63. The topological polar surface area (TPSA) is 66.9 Å². The number of aryl methyl sites for hydroxylation is 2. The highest BCUT2D eigenvalue weighted by Crippen LogP contribution is 2.15. The van der Waals surface area contributed by atoms with Crippen molar-refractivity contribution in [1.29, 1.82) is 0 Å². The number of nitrogens with zero attached hydrogens (tertiary/aromatic N) is 2. The predicted octanol–water partition coefficient (Wildman–Crippen LogP) is 4.41. The van der Waals surface area contributed by atoms with Crippen molar-refractivity contribution in [2.75, 3.05) is 11.9 Å². The van der Waals surface area contributed by atoms with E-state index in [4.69, 9.17) is 11.6 Å². The lowest BCUT2D eigenvalue weighted by Gasteiger charge is -2.10. The van der Waals surface area contributed by atoms with Gasteiger partial charge in [-0.15, -0.1) is 0 Å². The van der Waals surface area contributed by atoms with Gasteiger partial charge in [0.25, 0.3) is 5.91 Å². The van der Waals surface area contributed by atoms with Gasteiger partial charge in [-0.1, -0.05) is 60.1 Å². The van der Waals surface area contributed by atoms with E-state index >= 15 is 0 Å². The van der Waals surface area contributed by atoms with Gasteiger partial charge in [0.1, 0.15) is 17.3 Å². The van der Waals surface area contributed by atoms with Crippen molar-refractivity contribution in [2.24, 2.45) is 0 Å². The molecule has 3 rings (SSSR count). The average Bonchev–Trinajstić information content (AvgIpc) is 2.71. The zero-order valence-electron chi connectivity index (χ0n) is 15.8. The maximum Gasteiger partial charge on any atom is 0.270 e. The van der Waals surface area contributed by atoms with Crippen LogP contribution in [-0.2, 0) is 13.0 Å². The summed E-state index contributed by atoms with van der Waals surface area (Å²) in [5, 5.41) is 6.77. The molecular formula is C22H23ClN4O. The minimum absolute atomic E-state index is 0.252. The smallest absolute Gasteiger partial charge is 0.270 e. The Bertz CT molecular complexity index is 931. The van der Waals surface area contributed by atoms with Crippen molar-refractivity contribution >= 4 is 23.3 Å². The molecule has 2 N–H and O–H groups in total. The van der Waals surface area contributed by atoms with Crippen LogP contribution in [-0.4, -0.2) is 22.4 Å². The van der Waals surface area contributed by atoms with E-state index in [1.54, 1.807) is 19.1 Å². The van der Waals surface area contributed by atoms with Crippen molar-refractivity contribution in [3.63, 3.8) is 0 Å². The van der Waals surface area contributed by atoms with Crippen molar-refractivity contribution in [1.82, 2.24) is 15.3 Å². The zero-order valence-corrected chi connectivity index (χ0v) is 16.5. The molecule has 28 heavy (non-hydrogen) atoms. The van der Waals surface area contributed by atoms with Gasteiger partial charge in [0, 0.05) is 24.2 Å². The number of amides is 1. The molecule has 0 unspecified atom stereocenters. The molecule has 1 aromatic heterocycles. The Morgan fingerprint density at radius 3 is 2.57 bits per heavy atom. The fourth-order valence-corrected chi connectivity index (χ4v) is 3.04. The standard InChI is InChI=1S/C22H23ClN4O/c1-16-26-20(22(28)25-15-18-11-5-6-12-19(18)23)14-21(27-16)24-13-7-10-17-8-3-2-4-9-17/h2-6,8-9,11-12,14H,7,10,13,15H2,1H3,(H,25,28)(H,24,26,27). The Kier molecular flexibility index (Phi) is 6.98. The summed E-state index contributed by atoms with van der Waals surface area (Å²) in [5.41, 5.74) is 2.51. The highest BCUT2D eigenvalue weighted by Gasteiger charge is 2.11. The molecule has 0 aliphatic heterocycles. The van der Waals surface area contributed by atoms with Crippen molar-refractivity contribution < 1.29 is 4.79 Å². The number of carbonyl (C=O) groups is 1. The molecule has 1 amide bonds. The Balaban J connectivity index is 1.54. The molecule has 6 heteroatoms. The maximum atomic E-state index is 12.5. The monoisotopic (exact) mass is 394 g/mol. The van der Waals surface area contributed by atoms with Crippen LogP contribution in [0.5, 0.6) is 0 Å². The summed E-state index contributed by atoms with van der Waals surface area (Å²) in [7, 11) is 0. The Morgan fingerprint density at radius 2 is 1.79 bits per heavy atom. The van der Waals surface area contributed by atoms with E-state index in [1.807, 2.05) is 36.4 Å². The SMILES string of the molecule is Cc1nc(NCCCc2ccccc2)cc(C(=O)NCc2ccccc2Cl)n1. The van der Waals surface area contributed by atoms with Crippen LogP contribution < -0.4 is 10.6 Å². The first-order valence-corrected chi connectivity index (χ1v) is 9.65. The maximum absolute atomic E-state index is 12.5. The van der Waals surface area contributed by atoms with Gasteiger partial charge in [-0.05, 0) is 37.0 Å². The van der Waals surface area contributed by atoms with Gasteiger partial charge < -0.3 is 10.6 Å². The normalized spacial score (nSPS) is 10.5. The van der Waals surface area contributed by atoms with Gasteiger partial charge in [-0.2, -0.15) is 0 Å². The predicted molar refractivity (Wildman–Crippen MR) is 113 cm³/mol. The van der Waals surface area contributed by atoms with E-state index in [-0.39, 0.29) is 5.91 Å². The fraction of sp³-hybridized carbons (Fsp3) is 0.227. The summed E-state index contributed by atoms with van der Waals surface area (Å²) in [6.07, 6.45) is 1.96. The largest absolute Gasteiger partial charge is 0.370 e. The number of hydrogen-bond donors (Lipinski definition) is 2. The summed E-state index contributed by atoms with van der Waals surface area (Å²) in [6.45, 7) is 2.90. The number of benzene rings is 2. The lowest BCUT2D eigenvalue weighted by Crippen LogP contribution is -2.24. The van der Waals surface area contributed by atoms with Gasteiger partial charge in [-0.3, -0.25) is 4.79 Å². The molecule has 0 atom stereocenters. The molecule has 0 aliphatic carbocycles. The summed E-state index contributed by atoms with van der Waals surface area (Å²) < 4.78 is 0. The van der Waals surface area contributed by atoms with Crippen LogP contribution in [0.15, 0.2) is 60.7 Å².